The van der Waals surface area contributed by atoms with Gasteiger partial charge in [0.2, 0.25) is 15.9 Å². The van der Waals surface area contributed by atoms with Gasteiger partial charge in [0.05, 0.1) is 30.8 Å². The summed E-state index contributed by atoms with van der Waals surface area (Å²) in [5, 5.41) is 3.72. The number of ether oxygens (including phenoxy) is 1. The van der Waals surface area contributed by atoms with Gasteiger partial charge in [-0.25, -0.2) is 8.42 Å². The van der Waals surface area contributed by atoms with Gasteiger partial charge < -0.3 is 14.5 Å². The Morgan fingerprint density at radius 3 is 2.55 bits per heavy atom. The molecule has 1 saturated heterocycles. The van der Waals surface area contributed by atoms with Gasteiger partial charge in [-0.05, 0) is 42.8 Å². The highest BCUT2D eigenvalue weighted by molar-refractivity contribution is 7.89. The average Bonchev–Trinajstić information content (AvgIpc) is 3.10. The molecule has 0 spiro atoms. The van der Waals surface area contributed by atoms with Crippen LogP contribution in [-0.4, -0.2) is 44.9 Å². The molecule has 2 heterocycles. The minimum Gasteiger partial charge on any atom is -0.464 e. The Morgan fingerprint density at radius 2 is 1.83 bits per heavy atom. The third kappa shape index (κ3) is 4.19. The Morgan fingerprint density at radius 1 is 1.10 bits per heavy atom. The molecule has 152 valence electrons. The molecule has 0 unspecified atom stereocenters. The predicted octanol–water partition coefficient (Wildman–Crippen LogP) is 2.94. The van der Waals surface area contributed by atoms with Crippen molar-refractivity contribution in [1.29, 1.82) is 0 Å². The van der Waals surface area contributed by atoms with E-state index in [0.717, 1.165) is 22.1 Å². The zero-order valence-electron chi connectivity index (χ0n) is 16.1. The molecule has 29 heavy (non-hydrogen) atoms. The number of carbonyl (C=O) groups excluding carboxylic acids is 1. The van der Waals surface area contributed by atoms with Crippen LogP contribution in [0.15, 0.2) is 58.0 Å². The number of benzene rings is 2. The molecule has 3 aromatic rings. The number of nitrogens with one attached hydrogen (secondary N) is 1. The molecular weight excluding hydrogens is 392 g/mol. The molecule has 1 aliphatic heterocycles. The van der Waals surface area contributed by atoms with Crippen LogP contribution < -0.4 is 5.32 Å². The maximum atomic E-state index is 12.7. The van der Waals surface area contributed by atoms with E-state index in [1.807, 2.05) is 25.1 Å². The Labute approximate surface area is 169 Å². The summed E-state index contributed by atoms with van der Waals surface area (Å²) in [6, 6.07) is 12.1. The molecule has 0 aliphatic carbocycles. The molecule has 4 rings (SSSR count). The van der Waals surface area contributed by atoms with Crippen LogP contribution in [-0.2, 0) is 26.0 Å². The van der Waals surface area contributed by atoms with Gasteiger partial charge in [-0.15, -0.1) is 0 Å². The number of hydrogen-bond acceptors (Lipinski definition) is 5. The van der Waals surface area contributed by atoms with E-state index in [0.29, 0.717) is 32.0 Å². The number of morpholine rings is 1. The number of aryl methyl sites for hydroxylation is 1. The molecule has 7 nitrogen and oxygen atoms in total. The summed E-state index contributed by atoms with van der Waals surface area (Å²) in [5.74, 6) is -0.197. The monoisotopic (exact) mass is 414 g/mol. The summed E-state index contributed by atoms with van der Waals surface area (Å²) < 4.78 is 37.5. The molecule has 8 heteroatoms. The molecule has 1 amide bonds. The molecule has 0 saturated carbocycles. The number of hydrogen-bond donors (Lipinski definition) is 1. The lowest BCUT2D eigenvalue weighted by Gasteiger charge is -2.26. The van der Waals surface area contributed by atoms with Crippen molar-refractivity contribution in [3.05, 3.63) is 59.9 Å². The topological polar surface area (TPSA) is 88.9 Å². The molecule has 0 atom stereocenters. The van der Waals surface area contributed by atoms with Crippen LogP contribution in [0.4, 0.5) is 5.69 Å². The van der Waals surface area contributed by atoms with E-state index < -0.39 is 10.0 Å². The minimum atomic E-state index is -3.55. The quantitative estimate of drug-likeness (QED) is 0.693. The van der Waals surface area contributed by atoms with Crippen molar-refractivity contribution in [2.75, 3.05) is 31.6 Å². The number of fused-ring (bicyclic) bond motifs is 1. The zero-order valence-corrected chi connectivity index (χ0v) is 16.9. The lowest BCUT2D eigenvalue weighted by atomic mass is 10.1. The third-order valence-corrected chi connectivity index (χ3v) is 6.82. The van der Waals surface area contributed by atoms with Gasteiger partial charge in [0, 0.05) is 29.7 Å². The lowest BCUT2D eigenvalue weighted by molar-refractivity contribution is -0.115. The molecule has 1 fully saturated rings. The maximum absolute atomic E-state index is 12.7. The Balaban J connectivity index is 1.43. The molecule has 1 N–H and O–H groups in total. The fourth-order valence-corrected chi connectivity index (χ4v) is 4.76. The first-order valence-electron chi connectivity index (χ1n) is 9.38. The van der Waals surface area contributed by atoms with Gasteiger partial charge >= 0.3 is 0 Å². The Hall–Kier alpha value is -2.68. The summed E-state index contributed by atoms with van der Waals surface area (Å²) in [7, 11) is -3.55. The van der Waals surface area contributed by atoms with Crippen LogP contribution in [0.3, 0.4) is 0 Å². The molecule has 0 radical (unpaired) electrons. The van der Waals surface area contributed by atoms with Crippen molar-refractivity contribution in [3.8, 4) is 0 Å². The number of furan rings is 1. The van der Waals surface area contributed by atoms with Gasteiger partial charge in [-0.3, -0.25) is 4.79 Å². The fourth-order valence-electron chi connectivity index (χ4n) is 3.35. The average molecular weight is 414 g/mol. The van der Waals surface area contributed by atoms with Crippen LogP contribution in [0, 0.1) is 6.92 Å². The van der Waals surface area contributed by atoms with Crippen molar-refractivity contribution in [3.63, 3.8) is 0 Å². The van der Waals surface area contributed by atoms with E-state index >= 15 is 0 Å². The van der Waals surface area contributed by atoms with Gasteiger partial charge in [-0.1, -0.05) is 12.1 Å². The lowest BCUT2D eigenvalue weighted by Crippen LogP contribution is -2.40. The standard InChI is InChI=1S/C21H22N2O5S/c1-15-2-7-19-16(14-28-20(19)12-15)13-21(24)22-17-3-5-18(6-4-17)29(25,26)23-8-10-27-11-9-23/h2-7,12,14H,8-11,13H2,1H3,(H,22,24). The first-order valence-corrected chi connectivity index (χ1v) is 10.8. The van der Waals surface area contributed by atoms with E-state index in [1.54, 1.807) is 18.4 Å². The largest absolute Gasteiger partial charge is 0.464 e. The van der Waals surface area contributed by atoms with Gasteiger partial charge in [0.15, 0.2) is 0 Å². The van der Waals surface area contributed by atoms with Crippen LogP contribution in [0.2, 0.25) is 0 Å². The summed E-state index contributed by atoms with van der Waals surface area (Å²) in [6.07, 6.45) is 1.77. The van der Waals surface area contributed by atoms with Crippen molar-refractivity contribution >= 4 is 32.6 Å². The number of carbonyl (C=O) groups is 1. The highest BCUT2D eigenvalue weighted by atomic mass is 32.2. The number of amides is 1. The zero-order chi connectivity index (χ0) is 20.4. The molecule has 1 aromatic heterocycles. The minimum absolute atomic E-state index is 0.171. The Bertz CT molecular complexity index is 1130. The molecule has 1 aliphatic rings. The SMILES string of the molecule is Cc1ccc2c(CC(=O)Nc3ccc(S(=O)(=O)N4CCOCC4)cc3)coc2c1. The van der Waals surface area contributed by atoms with Gasteiger partial charge in [0.25, 0.3) is 0 Å². The van der Waals surface area contributed by atoms with Gasteiger partial charge in [-0.2, -0.15) is 4.31 Å². The van der Waals surface area contributed by atoms with Crippen LogP contribution >= 0.6 is 0 Å². The first kappa shape index (κ1) is 19.6. The van der Waals surface area contributed by atoms with Gasteiger partial charge in [0.1, 0.15) is 5.58 Å². The van der Waals surface area contributed by atoms with E-state index in [9.17, 15) is 13.2 Å². The number of rotatable bonds is 5. The summed E-state index contributed by atoms with van der Waals surface area (Å²) >= 11 is 0. The molecule has 0 bridgehead atoms. The second kappa shape index (κ2) is 7.98. The maximum Gasteiger partial charge on any atom is 0.243 e. The third-order valence-electron chi connectivity index (χ3n) is 4.91. The first-order chi connectivity index (χ1) is 13.9. The Kier molecular flexibility index (Phi) is 5.40. The fraction of sp³-hybridized carbons (Fsp3) is 0.286. The van der Waals surface area contributed by atoms with Crippen LogP contribution in [0.25, 0.3) is 11.0 Å². The van der Waals surface area contributed by atoms with Crippen molar-refractivity contribution < 1.29 is 22.4 Å². The number of anilines is 1. The normalized spacial score (nSPS) is 15.5. The smallest absolute Gasteiger partial charge is 0.243 e. The second-order valence-electron chi connectivity index (χ2n) is 7.03. The van der Waals surface area contributed by atoms with Crippen molar-refractivity contribution in [1.82, 2.24) is 4.31 Å². The number of sulfonamides is 1. The summed E-state index contributed by atoms with van der Waals surface area (Å²) in [6.45, 7) is 3.47. The van der Waals surface area contributed by atoms with E-state index in [2.05, 4.69) is 5.32 Å². The highest BCUT2D eigenvalue weighted by Gasteiger charge is 2.26. The predicted molar refractivity (Wildman–Crippen MR) is 109 cm³/mol. The van der Waals surface area contributed by atoms with E-state index in [4.69, 9.17) is 9.15 Å². The van der Waals surface area contributed by atoms with Crippen LogP contribution in [0.5, 0.6) is 0 Å². The van der Waals surface area contributed by atoms with E-state index in [-0.39, 0.29) is 17.2 Å². The number of nitrogens with zero attached hydrogens (tertiary/aromatic N) is 1. The van der Waals surface area contributed by atoms with E-state index in [1.165, 1.54) is 16.4 Å². The molecular formula is C21H22N2O5S. The van der Waals surface area contributed by atoms with Crippen molar-refractivity contribution in [2.24, 2.45) is 0 Å². The summed E-state index contributed by atoms with van der Waals surface area (Å²) in [5.41, 5.74) is 3.20. The summed E-state index contributed by atoms with van der Waals surface area (Å²) in [4.78, 5) is 12.6. The van der Waals surface area contributed by atoms with Crippen molar-refractivity contribution in [2.45, 2.75) is 18.2 Å². The second-order valence-corrected chi connectivity index (χ2v) is 8.96. The van der Waals surface area contributed by atoms with Crippen LogP contribution in [0.1, 0.15) is 11.1 Å². The highest BCUT2D eigenvalue weighted by Crippen LogP contribution is 2.24. The molecule has 2 aromatic carbocycles.